The van der Waals surface area contributed by atoms with Crippen LogP contribution in [0.1, 0.15) is 37.7 Å². The maximum absolute atomic E-state index is 12.3. The van der Waals surface area contributed by atoms with Gasteiger partial charge in [-0.05, 0) is 30.0 Å². The molecule has 128 valence electrons. The van der Waals surface area contributed by atoms with Crippen molar-refractivity contribution >= 4 is 11.9 Å². The van der Waals surface area contributed by atoms with Crippen LogP contribution in [0.5, 0.6) is 5.75 Å². The Morgan fingerprint density at radius 1 is 1.26 bits per heavy atom. The lowest BCUT2D eigenvalue weighted by Gasteiger charge is -2.18. The smallest absolute Gasteiger partial charge is 0.326 e. The van der Waals surface area contributed by atoms with Crippen LogP contribution in [0.15, 0.2) is 24.3 Å². The number of carbonyl (C=O) groups is 2. The molecule has 0 aromatic heterocycles. The van der Waals surface area contributed by atoms with Crippen molar-refractivity contribution < 1.29 is 28.2 Å². The topological polar surface area (TPSA) is 75.6 Å². The Kier molecular flexibility index (Phi) is 7.44. The van der Waals surface area contributed by atoms with Crippen molar-refractivity contribution in [1.29, 1.82) is 0 Å². The highest BCUT2D eigenvalue weighted by atomic mass is 19.3. The number of methoxy groups -OCH3 is 1. The molecule has 2 unspecified atom stereocenters. The first-order valence-corrected chi connectivity index (χ1v) is 7.31. The summed E-state index contributed by atoms with van der Waals surface area (Å²) < 4.78 is 29.7. The number of carbonyl (C=O) groups excluding carboxylic acids is 1. The van der Waals surface area contributed by atoms with Crippen LogP contribution in [0.4, 0.5) is 8.78 Å². The summed E-state index contributed by atoms with van der Waals surface area (Å²) >= 11 is 0. The summed E-state index contributed by atoms with van der Waals surface area (Å²) in [5.74, 6) is -1.45. The van der Waals surface area contributed by atoms with E-state index in [-0.39, 0.29) is 12.3 Å². The molecule has 5 nitrogen and oxygen atoms in total. The molecule has 0 saturated heterocycles. The highest BCUT2D eigenvalue weighted by molar-refractivity contribution is 5.84. The summed E-state index contributed by atoms with van der Waals surface area (Å²) in [6.45, 7) is 1.90. The molecule has 23 heavy (non-hydrogen) atoms. The second-order valence-corrected chi connectivity index (χ2v) is 5.17. The minimum absolute atomic E-state index is 0.0375. The van der Waals surface area contributed by atoms with Gasteiger partial charge in [0.05, 0.1) is 7.11 Å². The highest BCUT2D eigenvalue weighted by Crippen LogP contribution is 2.25. The number of hydrogen-bond donors (Lipinski definition) is 2. The van der Waals surface area contributed by atoms with E-state index in [9.17, 15) is 18.4 Å². The predicted octanol–water partition coefficient (Wildman–Crippen LogP) is 2.80. The molecule has 0 aliphatic heterocycles. The normalized spacial score (nSPS) is 13.4. The monoisotopic (exact) mass is 329 g/mol. The Morgan fingerprint density at radius 2 is 1.87 bits per heavy atom. The van der Waals surface area contributed by atoms with Gasteiger partial charge in [0.2, 0.25) is 12.3 Å². The number of amides is 1. The van der Waals surface area contributed by atoms with E-state index in [1.165, 1.54) is 0 Å². The number of halogens is 2. The van der Waals surface area contributed by atoms with Crippen molar-refractivity contribution in [2.45, 2.75) is 44.6 Å². The van der Waals surface area contributed by atoms with E-state index in [1.807, 2.05) is 19.1 Å². The fourth-order valence-electron chi connectivity index (χ4n) is 2.25. The first-order valence-electron chi connectivity index (χ1n) is 7.31. The number of nitrogens with one attached hydrogen (secondary N) is 1. The molecule has 0 radical (unpaired) electrons. The second kappa shape index (κ2) is 9.07. The van der Waals surface area contributed by atoms with Crippen LogP contribution in [0.25, 0.3) is 0 Å². The van der Waals surface area contributed by atoms with E-state index in [4.69, 9.17) is 9.84 Å². The van der Waals surface area contributed by atoms with Gasteiger partial charge in [-0.3, -0.25) is 4.79 Å². The zero-order chi connectivity index (χ0) is 17.4. The Bertz CT molecular complexity index is 519. The van der Waals surface area contributed by atoms with E-state index in [0.717, 1.165) is 5.56 Å². The summed E-state index contributed by atoms with van der Waals surface area (Å²) in [6.07, 6.45) is -3.00. The van der Waals surface area contributed by atoms with Gasteiger partial charge >= 0.3 is 5.97 Å². The van der Waals surface area contributed by atoms with Gasteiger partial charge in [-0.15, -0.1) is 0 Å². The Hall–Kier alpha value is -2.18. The van der Waals surface area contributed by atoms with E-state index >= 15 is 0 Å². The lowest BCUT2D eigenvalue weighted by atomic mass is 9.92. The molecule has 0 saturated carbocycles. The van der Waals surface area contributed by atoms with Gasteiger partial charge in [0.15, 0.2) is 0 Å². The number of carboxylic acid groups (broad SMARTS) is 1. The maximum atomic E-state index is 12.3. The molecule has 1 rings (SSSR count). The Labute approximate surface area is 133 Å². The number of carboxylic acids is 1. The molecule has 7 heteroatoms. The molecule has 1 aromatic carbocycles. The average molecular weight is 329 g/mol. The van der Waals surface area contributed by atoms with Crippen molar-refractivity contribution in [3.05, 3.63) is 29.8 Å². The summed E-state index contributed by atoms with van der Waals surface area (Å²) in [5, 5.41) is 11.0. The zero-order valence-corrected chi connectivity index (χ0v) is 13.1. The van der Waals surface area contributed by atoms with E-state index in [2.05, 4.69) is 5.32 Å². The SMILES string of the molecule is CCC(CC(=O)NC(CC(F)F)C(=O)O)c1ccc(OC)cc1. The van der Waals surface area contributed by atoms with Crippen molar-refractivity contribution in [2.24, 2.45) is 0 Å². The molecule has 0 heterocycles. The summed E-state index contributed by atoms with van der Waals surface area (Å²) in [4.78, 5) is 22.9. The molecule has 0 spiro atoms. The third kappa shape index (κ3) is 6.22. The van der Waals surface area contributed by atoms with E-state index < -0.39 is 30.8 Å². The van der Waals surface area contributed by atoms with Crippen molar-refractivity contribution in [3.8, 4) is 5.75 Å². The van der Waals surface area contributed by atoms with Crippen molar-refractivity contribution in [1.82, 2.24) is 5.32 Å². The van der Waals surface area contributed by atoms with Gasteiger partial charge in [-0.1, -0.05) is 19.1 Å². The van der Waals surface area contributed by atoms with E-state index in [1.54, 1.807) is 19.2 Å². The lowest BCUT2D eigenvalue weighted by molar-refractivity contribution is -0.143. The molecule has 1 amide bonds. The van der Waals surface area contributed by atoms with Crippen LogP contribution in [0.3, 0.4) is 0 Å². The number of benzene rings is 1. The van der Waals surface area contributed by atoms with Crippen molar-refractivity contribution in [3.63, 3.8) is 0 Å². The standard InChI is InChI=1S/C16H21F2NO4/c1-3-10(11-4-6-12(23-2)7-5-11)8-15(20)19-13(16(21)22)9-14(17)18/h4-7,10,13-14H,3,8-9H2,1-2H3,(H,19,20)(H,21,22). The van der Waals surface area contributed by atoms with Gasteiger partial charge in [-0.25, -0.2) is 13.6 Å². The zero-order valence-electron chi connectivity index (χ0n) is 13.1. The first-order chi connectivity index (χ1) is 10.9. The number of ether oxygens (including phenoxy) is 1. The summed E-state index contributed by atoms with van der Waals surface area (Å²) in [7, 11) is 1.55. The minimum atomic E-state index is -2.79. The van der Waals surface area contributed by atoms with Gasteiger partial charge in [0.1, 0.15) is 11.8 Å². The number of alkyl halides is 2. The fourth-order valence-corrected chi connectivity index (χ4v) is 2.25. The number of hydrogen-bond acceptors (Lipinski definition) is 3. The largest absolute Gasteiger partial charge is 0.497 e. The predicted molar refractivity (Wildman–Crippen MR) is 80.8 cm³/mol. The molecule has 0 fully saturated rings. The van der Waals surface area contributed by atoms with Crippen LogP contribution in [0.2, 0.25) is 0 Å². The molecule has 1 aromatic rings. The Balaban J connectivity index is 2.69. The maximum Gasteiger partial charge on any atom is 0.326 e. The number of rotatable bonds is 9. The molecular weight excluding hydrogens is 308 g/mol. The van der Waals surface area contributed by atoms with Crippen molar-refractivity contribution in [2.75, 3.05) is 7.11 Å². The molecule has 0 bridgehead atoms. The molecule has 0 aliphatic carbocycles. The van der Waals surface area contributed by atoms with Gasteiger partial charge in [0.25, 0.3) is 0 Å². The Morgan fingerprint density at radius 3 is 2.30 bits per heavy atom. The minimum Gasteiger partial charge on any atom is -0.497 e. The molecule has 0 aliphatic rings. The lowest BCUT2D eigenvalue weighted by Crippen LogP contribution is -2.42. The van der Waals surface area contributed by atoms with E-state index in [0.29, 0.717) is 12.2 Å². The van der Waals surface area contributed by atoms with Crippen LogP contribution < -0.4 is 10.1 Å². The third-order valence-corrected chi connectivity index (χ3v) is 3.56. The fraction of sp³-hybridized carbons (Fsp3) is 0.500. The quantitative estimate of drug-likeness (QED) is 0.730. The van der Waals surface area contributed by atoms with Crippen LogP contribution in [-0.4, -0.2) is 36.6 Å². The molecule has 2 atom stereocenters. The summed E-state index contributed by atoms with van der Waals surface area (Å²) in [5.41, 5.74) is 0.907. The van der Waals surface area contributed by atoms with Gasteiger partial charge in [0, 0.05) is 12.8 Å². The highest BCUT2D eigenvalue weighted by Gasteiger charge is 2.25. The van der Waals surface area contributed by atoms with Gasteiger partial charge < -0.3 is 15.2 Å². The van der Waals surface area contributed by atoms with Gasteiger partial charge in [-0.2, -0.15) is 0 Å². The number of aliphatic carboxylic acids is 1. The van der Waals surface area contributed by atoms with Crippen LogP contribution in [0, 0.1) is 0 Å². The molecular formula is C16H21F2NO4. The summed E-state index contributed by atoms with van der Waals surface area (Å²) in [6, 6.07) is 5.62. The average Bonchev–Trinajstić information content (AvgIpc) is 2.51. The second-order valence-electron chi connectivity index (χ2n) is 5.17. The third-order valence-electron chi connectivity index (χ3n) is 3.56. The molecule has 2 N–H and O–H groups in total. The van der Waals surface area contributed by atoms with Crippen LogP contribution in [-0.2, 0) is 9.59 Å². The van der Waals surface area contributed by atoms with Crippen LogP contribution >= 0.6 is 0 Å². The first kappa shape index (κ1) is 18.9.